The minimum absolute atomic E-state index is 0.655. The van der Waals surface area contributed by atoms with Crippen molar-refractivity contribution in [2.24, 2.45) is 23.7 Å². The molecule has 2 atom stereocenters. The zero-order valence-electron chi connectivity index (χ0n) is 30.9. The zero-order valence-corrected chi connectivity index (χ0v) is 30.9. The van der Waals surface area contributed by atoms with E-state index in [0.717, 1.165) is 64.3 Å². The van der Waals surface area contributed by atoms with E-state index in [2.05, 4.69) is 84.9 Å². The molecule has 266 valence electrons. The first-order chi connectivity index (χ1) is 27.1. The summed E-state index contributed by atoms with van der Waals surface area (Å²) in [5, 5.41) is 9.85. The maximum Gasteiger partial charge on any atom is 0.164 e. The molecule has 0 saturated heterocycles. The Labute approximate surface area is 323 Å². The summed E-state index contributed by atoms with van der Waals surface area (Å²) in [5.41, 5.74) is 13.8. The van der Waals surface area contributed by atoms with Crippen molar-refractivity contribution in [1.29, 1.82) is 5.26 Å². The summed E-state index contributed by atoms with van der Waals surface area (Å²) >= 11 is 0. The van der Waals surface area contributed by atoms with Crippen LogP contribution in [-0.4, -0.2) is 15.0 Å². The SMILES string of the molecule is N#Cc1ccc2c(c1)-c1ccc(-c3ccc(-c4ccc(-c5nc(-c6ccccc6)nc(-c6ccccc6)n5)cc4)cc3)cc1CC1CC3CC(C2)CC(C1)C3. The van der Waals surface area contributed by atoms with Crippen molar-refractivity contribution in [3.05, 3.63) is 162 Å². The second-order valence-corrected chi connectivity index (χ2v) is 16.1. The second kappa shape index (κ2) is 14.2. The third-order valence-corrected chi connectivity index (χ3v) is 12.4. The number of rotatable bonds is 5. The van der Waals surface area contributed by atoms with E-state index < -0.39 is 0 Å². The third-order valence-electron chi connectivity index (χ3n) is 12.4. The van der Waals surface area contributed by atoms with Crippen molar-refractivity contribution in [3.8, 4) is 73.6 Å². The highest BCUT2D eigenvalue weighted by Crippen LogP contribution is 2.49. The fourth-order valence-corrected chi connectivity index (χ4v) is 9.97. The highest BCUT2D eigenvalue weighted by atomic mass is 15.0. The minimum Gasteiger partial charge on any atom is -0.208 e. The van der Waals surface area contributed by atoms with E-state index in [0.29, 0.717) is 17.5 Å². The summed E-state index contributed by atoms with van der Waals surface area (Å²) in [6, 6.07) is 53.6. The molecule has 0 radical (unpaired) electrons. The summed E-state index contributed by atoms with van der Waals surface area (Å²) in [6.45, 7) is 0. The average Bonchev–Trinajstić information content (AvgIpc) is 3.26. The summed E-state index contributed by atoms with van der Waals surface area (Å²) in [6.07, 6.45) is 9.12. The molecule has 7 aromatic rings. The lowest BCUT2D eigenvalue weighted by atomic mass is 9.63. The van der Waals surface area contributed by atoms with Gasteiger partial charge in [0, 0.05) is 16.7 Å². The molecule has 2 unspecified atom stereocenters. The van der Waals surface area contributed by atoms with Gasteiger partial charge < -0.3 is 0 Å². The lowest BCUT2D eigenvalue weighted by Crippen LogP contribution is -2.32. The van der Waals surface area contributed by atoms with Gasteiger partial charge in [-0.05, 0) is 125 Å². The lowest BCUT2D eigenvalue weighted by Gasteiger charge is -2.42. The van der Waals surface area contributed by atoms with Crippen molar-refractivity contribution in [2.45, 2.75) is 44.9 Å². The average molecular weight is 711 g/mol. The maximum absolute atomic E-state index is 9.85. The molecular formula is C51H42N4. The van der Waals surface area contributed by atoms with Crippen LogP contribution in [-0.2, 0) is 12.8 Å². The molecule has 11 rings (SSSR count). The monoisotopic (exact) mass is 710 g/mol. The Morgan fingerprint density at radius 3 is 1.35 bits per heavy atom. The van der Waals surface area contributed by atoms with Crippen LogP contribution in [0.5, 0.6) is 0 Å². The lowest BCUT2D eigenvalue weighted by molar-refractivity contribution is 0.0973. The molecule has 0 N–H and O–H groups in total. The van der Waals surface area contributed by atoms with Crippen molar-refractivity contribution < 1.29 is 0 Å². The van der Waals surface area contributed by atoms with Crippen LogP contribution in [0.4, 0.5) is 0 Å². The molecule has 2 saturated carbocycles. The molecule has 1 aromatic heterocycles. The number of hydrogen-bond donors (Lipinski definition) is 0. The van der Waals surface area contributed by atoms with Crippen molar-refractivity contribution >= 4 is 0 Å². The summed E-state index contributed by atoms with van der Waals surface area (Å²) in [4.78, 5) is 14.7. The Hall–Kier alpha value is -6.18. The topological polar surface area (TPSA) is 62.5 Å². The van der Waals surface area contributed by atoms with Gasteiger partial charge in [0.05, 0.1) is 11.6 Å². The van der Waals surface area contributed by atoms with Crippen LogP contribution >= 0.6 is 0 Å². The fourth-order valence-electron chi connectivity index (χ4n) is 9.97. The number of benzene rings is 6. The van der Waals surface area contributed by atoms with Crippen LogP contribution in [0.3, 0.4) is 0 Å². The number of nitrogens with zero attached hydrogens (tertiary/aromatic N) is 4. The molecule has 4 heteroatoms. The van der Waals surface area contributed by atoms with E-state index in [1.165, 1.54) is 71.0 Å². The summed E-state index contributed by atoms with van der Waals surface area (Å²) in [5.74, 6) is 5.21. The van der Waals surface area contributed by atoms with Crippen LogP contribution in [0.15, 0.2) is 146 Å². The van der Waals surface area contributed by atoms with E-state index in [4.69, 9.17) is 15.0 Å². The van der Waals surface area contributed by atoms with Gasteiger partial charge in [0.25, 0.3) is 0 Å². The Morgan fingerprint density at radius 2 is 0.818 bits per heavy atom. The quantitative estimate of drug-likeness (QED) is 0.178. The van der Waals surface area contributed by atoms with Crippen LogP contribution in [0.1, 0.15) is 48.8 Å². The molecule has 0 aliphatic heterocycles. The first-order valence-electron chi connectivity index (χ1n) is 19.9. The third kappa shape index (κ3) is 6.77. The molecule has 6 aromatic carbocycles. The summed E-state index contributed by atoms with van der Waals surface area (Å²) in [7, 11) is 0. The van der Waals surface area contributed by atoms with E-state index >= 15 is 0 Å². The zero-order chi connectivity index (χ0) is 36.7. The van der Waals surface area contributed by atoms with Gasteiger partial charge in [0.2, 0.25) is 0 Å². The van der Waals surface area contributed by atoms with Gasteiger partial charge in [0.1, 0.15) is 0 Å². The molecule has 4 bridgehead atoms. The van der Waals surface area contributed by atoms with Crippen LogP contribution < -0.4 is 0 Å². The molecule has 1 heterocycles. The second-order valence-electron chi connectivity index (χ2n) is 16.1. The Kier molecular flexibility index (Phi) is 8.64. The molecule has 2 fully saturated rings. The number of hydrogen-bond acceptors (Lipinski definition) is 4. The van der Waals surface area contributed by atoms with Crippen molar-refractivity contribution in [2.75, 3.05) is 0 Å². The van der Waals surface area contributed by atoms with Gasteiger partial charge in [-0.25, -0.2) is 15.0 Å². The normalized spacial score (nSPS) is 19.8. The van der Waals surface area contributed by atoms with Gasteiger partial charge in [-0.15, -0.1) is 0 Å². The molecule has 4 aliphatic carbocycles. The minimum atomic E-state index is 0.655. The van der Waals surface area contributed by atoms with Crippen LogP contribution in [0, 0.1) is 35.0 Å². The van der Waals surface area contributed by atoms with Crippen molar-refractivity contribution in [1.82, 2.24) is 15.0 Å². The van der Waals surface area contributed by atoms with E-state index in [-0.39, 0.29) is 0 Å². The highest BCUT2D eigenvalue weighted by Gasteiger charge is 2.37. The highest BCUT2D eigenvalue weighted by molar-refractivity contribution is 5.78. The summed E-state index contributed by atoms with van der Waals surface area (Å²) < 4.78 is 0. The number of nitriles is 1. The molecular weight excluding hydrogens is 669 g/mol. The predicted molar refractivity (Wildman–Crippen MR) is 222 cm³/mol. The molecule has 0 amide bonds. The van der Waals surface area contributed by atoms with E-state index in [9.17, 15) is 5.26 Å². The number of aromatic nitrogens is 3. The maximum atomic E-state index is 9.85. The van der Waals surface area contributed by atoms with Gasteiger partial charge in [-0.1, -0.05) is 133 Å². The molecule has 4 aliphatic rings. The smallest absolute Gasteiger partial charge is 0.164 e. The van der Waals surface area contributed by atoms with Gasteiger partial charge in [0.15, 0.2) is 17.5 Å². The van der Waals surface area contributed by atoms with Gasteiger partial charge in [-0.2, -0.15) is 5.26 Å². The van der Waals surface area contributed by atoms with E-state index in [1.54, 1.807) is 0 Å². The molecule has 4 nitrogen and oxygen atoms in total. The van der Waals surface area contributed by atoms with Gasteiger partial charge in [-0.3, -0.25) is 0 Å². The predicted octanol–water partition coefficient (Wildman–Crippen LogP) is 12.3. The first kappa shape index (κ1) is 33.4. The van der Waals surface area contributed by atoms with Crippen LogP contribution in [0.25, 0.3) is 67.5 Å². The van der Waals surface area contributed by atoms with Crippen LogP contribution in [0.2, 0.25) is 0 Å². The molecule has 0 spiro atoms. The standard InChI is InChI=1S/C51H42N4/c52-32-33-11-12-45-28-36-24-34-23-35(25-36)27-37(26-34)29-46-31-44(21-22-47(46)48(45)30-33)40-15-13-38(14-16-40)39-17-19-43(20-18-39)51-54-49(41-7-3-1-4-8-41)53-50(55-51)42-9-5-2-6-10-42/h1-22,30-31,34-37H,23-29H2. The Morgan fingerprint density at radius 1 is 0.382 bits per heavy atom. The Balaban J connectivity index is 0.954. The van der Waals surface area contributed by atoms with Crippen molar-refractivity contribution in [3.63, 3.8) is 0 Å². The first-order valence-corrected chi connectivity index (χ1v) is 19.9. The molecule has 55 heavy (non-hydrogen) atoms. The Bertz CT molecular complexity index is 2460. The van der Waals surface area contributed by atoms with Gasteiger partial charge >= 0.3 is 0 Å². The fraction of sp³-hybridized carbons (Fsp3) is 0.216. The van der Waals surface area contributed by atoms with E-state index in [1.807, 2.05) is 66.7 Å². The largest absolute Gasteiger partial charge is 0.208 e.